The zero-order valence-corrected chi connectivity index (χ0v) is 14.5. The number of carbonyl (C=O) groups is 1. The maximum atomic E-state index is 12.9. The van der Waals surface area contributed by atoms with Crippen molar-refractivity contribution in [2.24, 2.45) is 10.5 Å². The molecule has 0 bridgehead atoms. The standard InChI is InChI=1S/C19H28N2O2/c1-4-6-13-19(3)17(23-14-7-5-2)20-21(18(19)22)15-16-11-9-8-10-12-16/h8-12H,4-7,13-15H2,1-3H3. The van der Waals surface area contributed by atoms with E-state index in [4.69, 9.17) is 4.74 Å². The van der Waals surface area contributed by atoms with Crippen LogP contribution in [0.3, 0.4) is 0 Å². The van der Waals surface area contributed by atoms with Crippen molar-refractivity contribution < 1.29 is 9.53 Å². The molecule has 23 heavy (non-hydrogen) atoms. The minimum Gasteiger partial charge on any atom is -0.479 e. The van der Waals surface area contributed by atoms with Crippen molar-refractivity contribution in [1.29, 1.82) is 0 Å². The summed E-state index contributed by atoms with van der Waals surface area (Å²) in [7, 11) is 0. The van der Waals surface area contributed by atoms with Crippen LogP contribution < -0.4 is 0 Å². The fraction of sp³-hybridized carbons (Fsp3) is 0.579. The molecule has 1 atom stereocenters. The molecule has 1 aliphatic heterocycles. The molecule has 4 heteroatoms. The molecule has 2 rings (SSSR count). The summed E-state index contributed by atoms with van der Waals surface area (Å²) in [5, 5.41) is 6.10. The van der Waals surface area contributed by atoms with Gasteiger partial charge in [0.1, 0.15) is 5.41 Å². The Labute approximate surface area is 139 Å². The predicted octanol–water partition coefficient (Wildman–Crippen LogP) is 4.36. The molecule has 0 aliphatic carbocycles. The van der Waals surface area contributed by atoms with E-state index in [1.54, 1.807) is 5.01 Å². The minimum absolute atomic E-state index is 0.0568. The summed E-state index contributed by atoms with van der Waals surface area (Å²) in [4.78, 5) is 12.9. The molecule has 1 aromatic rings. The van der Waals surface area contributed by atoms with Crippen molar-refractivity contribution in [3.05, 3.63) is 35.9 Å². The number of amides is 1. The first-order valence-electron chi connectivity index (χ1n) is 8.69. The largest absolute Gasteiger partial charge is 0.479 e. The molecule has 0 spiro atoms. The molecule has 126 valence electrons. The van der Waals surface area contributed by atoms with Gasteiger partial charge < -0.3 is 4.74 Å². The summed E-state index contributed by atoms with van der Waals surface area (Å²) in [6, 6.07) is 9.97. The molecule has 1 aliphatic rings. The lowest BCUT2D eigenvalue weighted by atomic mass is 9.84. The van der Waals surface area contributed by atoms with Gasteiger partial charge in [-0.2, -0.15) is 0 Å². The van der Waals surface area contributed by atoms with Gasteiger partial charge in [-0.15, -0.1) is 5.10 Å². The van der Waals surface area contributed by atoms with Crippen molar-refractivity contribution in [3.63, 3.8) is 0 Å². The lowest BCUT2D eigenvalue weighted by Gasteiger charge is -2.24. The van der Waals surface area contributed by atoms with Gasteiger partial charge in [-0.25, -0.2) is 5.01 Å². The minimum atomic E-state index is -0.613. The van der Waals surface area contributed by atoms with Gasteiger partial charge in [0.25, 0.3) is 5.91 Å². The first-order valence-corrected chi connectivity index (χ1v) is 8.69. The Bertz CT molecular complexity index is 542. The number of nitrogens with zero attached hydrogens (tertiary/aromatic N) is 2. The van der Waals surface area contributed by atoms with E-state index in [-0.39, 0.29) is 5.91 Å². The number of rotatable bonds is 8. The first-order chi connectivity index (χ1) is 11.1. The number of hydrazone groups is 1. The predicted molar refractivity (Wildman–Crippen MR) is 92.9 cm³/mol. The second-order valence-corrected chi connectivity index (χ2v) is 6.39. The highest BCUT2D eigenvalue weighted by atomic mass is 16.5. The van der Waals surface area contributed by atoms with Crippen molar-refractivity contribution in [1.82, 2.24) is 5.01 Å². The zero-order chi connectivity index (χ0) is 16.7. The molecule has 1 amide bonds. The molecule has 4 nitrogen and oxygen atoms in total. The van der Waals surface area contributed by atoms with Crippen LogP contribution in [0.2, 0.25) is 0 Å². The highest BCUT2D eigenvalue weighted by Gasteiger charge is 2.48. The molecule has 1 heterocycles. The van der Waals surface area contributed by atoms with Gasteiger partial charge in [0.05, 0.1) is 13.2 Å². The summed E-state index contributed by atoms with van der Waals surface area (Å²) in [6.45, 7) is 7.37. The van der Waals surface area contributed by atoms with E-state index in [1.807, 2.05) is 37.3 Å². The number of benzene rings is 1. The van der Waals surface area contributed by atoms with Crippen LogP contribution >= 0.6 is 0 Å². The molecular formula is C19H28N2O2. The van der Waals surface area contributed by atoms with Crippen molar-refractivity contribution in [2.75, 3.05) is 6.61 Å². The van der Waals surface area contributed by atoms with Gasteiger partial charge in [-0.3, -0.25) is 4.79 Å². The fourth-order valence-corrected chi connectivity index (χ4v) is 2.75. The van der Waals surface area contributed by atoms with Crippen LogP contribution in [-0.4, -0.2) is 23.4 Å². The van der Waals surface area contributed by atoms with Crippen LogP contribution in [0.5, 0.6) is 0 Å². The monoisotopic (exact) mass is 316 g/mol. The maximum Gasteiger partial charge on any atom is 0.258 e. The Morgan fingerprint density at radius 2 is 1.83 bits per heavy atom. The summed E-state index contributed by atoms with van der Waals surface area (Å²) >= 11 is 0. The zero-order valence-electron chi connectivity index (χ0n) is 14.5. The van der Waals surface area contributed by atoms with E-state index in [0.717, 1.165) is 37.7 Å². The quantitative estimate of drug-likeness (QED) is 0.669. The highest BCUT2D eigenvalue weighted by Crippen LogP contribution is 2.35. The summed E-state index contributed by atoms with van der Waals surface area (Å²) in [6.07, 6.45) is 4.90. The lowest BCUT2D eigenvalue weighted by molar-refractivity contribution is -0.136. The molecule has 0 radical (unpaired) electrons. The van der Waals surface area contributed by atoms with Gasteiger partial charge >= 0.3 is 0 Å². The van der Waals surface area contributed by atoms with E-state index in [2.05, 4.69) is 18.9 Å². The Balaban J connectivity index is 2.15. The highest BCUT2D eigenvalue weighted by molar-refractivity contribution is 6.08. The number of carbonyl (C=O) groups excluding carboxylic acids is 1. The molecule has 0 N–H and O–H groups in total. The smallest absolute Gasteiger partial charge is 0.258 e. The third-order valence-electron chi connectivity index (χ3n) is 4.33. The number of hydrogen-bond acceptors (Lipinski definition) is 3. The van der Waals surface area contributed by atoms with Crippen LogP contribution in [0.4, 0.5) is 0 Å². The molecule has 0 saturated carbocycles. The van der Waals surface area contributed by atoms with Gasteiger partial charge in [0.2, 0.25) is 5.90 Å². The molecule has 0 fully saturated rings. The Kier molecular flexibility index (Phi) is 6.20. The molecular weight excluding hydrogens is 288 g/mol. The topological polar surface area (TPSA) is 41.9 Å². The van der Waals surface area contributed by atoms with Crippen molar-refractivity contribution >= 4 is 11.8 Å². The number of hydrogen-bond donors (Lipinski definition) is 0. The summed E-state index contributed by atoms with van der Waals surface area (Å²) in [5.41, 5.74) is 0.468. The molecule has 0 saturated heterocycles. The van der Waals surface area contributed by atoms with Crippen LogP contribution in [0.1, 0.15) is 58.4 Å². The van der Waals surface area contributed by atoms with Crippen molar-refractivity contribution in [2.45, 2.75) is 59.4 Å². The van der Waals surface area contributed by atoms with E-state index in [9.17, 15) is 4.79 Å². The normalized spacial score (nSPS) is 20.7. The second-order valence-electron chi connectivity index (χ2n) is 6.39. The van der Waals surface area contributed by atoms with E-state index < -0.39 is 5.41 Å². The van der Waals surface area contributed by atoms with E-state index in [1.165, 1.54) is 0 Å². The van der Waals surface area contributed by atoms with Crippen LogP contribution in [0, 0.1) is 5.41 Å². The molecule has 1 unspecified atom stereocenters. The lowest BCUT2D eigenvalue weighted by Crippen LogP contribution is -2.38. The van der Waals surface area contributed by atoms with Gasteiger partial charge in [0.15, 0.2) is 0 Å². The van der Waals surface area contributed by atoms with Crippen LogP contribution in [-0.2, 0) is 16.1 Å². The van der Waals surface area contributed by atoms with E-state index >= 15 is 0 Å². The number of unbranched alkanes of at least 4 members (excludes halogenated alkanes) is 2. The summed E-state index contributed by atoms with van der Waals surface area (Å²) < 4.78 is 5.88. The second kappa shape index (κ2) is 8.14. The van der Waals surface area contributed by atoms with Gasteiger partial charge in [-0.05, 0) is 25.3 Å². The Hall–Kier alpha value is -1.84. The first kappa shape index (κ1) is 17.5. The Morgan fingerprint density at radius 3 is 2.48 bits per heavy atom. The Morgan fingerprint density at radius 1 is 1.13 bits per heavy atom. The number of ether oxygens (including phenoxy) is 1. The third-order valence-corrected chi connectivity index (χ3v) is 4.33. The van der Waals surface area contributed by atoms with Gasteiger partial charge in [0, 0.05) is 0 Å². The molecule has 0 aromatic heterocycles. The third kappa shape index (κ3) is 4.12. The SMILES string of the molecule is CCCCOC1=NN(Cc2ccccc2)C(=O)C1(C)CCCC. The van der Waals surface area contributed by atoms with E-state index in [0.29, 0.717) is 19.0 Å². The van der Waals surface area contributed by atoms with Crippen molar-refractivity contribution in [3.8, 4) is 0 Å². The maximum absolute atomic E-state index is 12.9. The fourth-order valence-electron chi connectivity index (χ4n) is 2.75. The average Bonchev–Trinajstić information content (AvgIpc) is 2.79. The summed E-state index contributed by atoms with van der Waals surface area (Å²) in [5.74, 6) is 0.654. The average molecular weight is 316 g/mol. The van der Waals surface area contributed by atoms with Gasteiger partial charge in [-0.1, -0.05) is 63.4 Å². The van der Waals surface area contributed by atoms with Crippen LogP contribution in [0.25, 0.3) is 0 Å². The molecule has 1 aromatic carbocycles. The van der Waals surface area contributed by atoms with Crippen LogP contribution in [0.15, 0.2) is 35.4 Å².